The Hall–Kier alpha value is -2.50. The van der Waals surface area contributed by atoms with E-state index in [4.69, 9.17) is 9.47 Å². The number of benzene rings is 1. The fraction of sp³-hybridized carbons (Fsp3) is 0.545. The van der Waals surface area contributed by atoms with E-state index in [2.05, 4.69) is 10.6 Å². The highest BCUT2D eigenvalue weighted by molar-refractivity contribution is 5.97. The van der Waals surface area contributed by atoms with Gasteiger partial charge >= 0.3 is 12.1 Å². The van der Waals surface area contributed by atoms with Crippen LogP contribution in [-0.4, -0.2) is 40.8 Å². The van der Waals surface area contributed by atoms with Crippen molar-refractivity contribution in [3.8, 4) is 0 Å². The first-order chi connectivity index (χ1) is 13.3. The number of aromatic nitrogens is 1. The quantitative estimate of drug-likeness (QED) is 0.747. The number of ether oxygens (including phenoxy) is 2. The van der Waals surface area contributed by atoms with Gasteiger partial charge in [-0.1, -0.05) is 12.1 Å². The minimum Gasteiger partial charge on any atom is -0.464 e. The van der Waals surface area contributed by atoms with Crippen molar-refractivity contribution in [1.29, 1.82) is 0 Å². The highest BCUT2D eigenvalue weighted by atomic mass is 16.6. The molecule has 1 fully saturated rings. The summed E-state index contributed by atoms with van der Waals surface area (Å²) in [5, 5.41) is 1.06. The molecule has 1 amide bonds. The standard InChI is InChI=1S/C22H28N2O4/c1-22(2,3)28-21(26)23-10-9-17-16(13-23)8-7-15-11-18(20(25)27-4)24(19(15)17)12-14-5-6-14/h7-8,11,14H,5-6,9-10,12-13H2,1-4H3. The van der Waals surface area contributed by atoms with Gasteiger partial charge in [0.1, 0.15) is 11.3 Å². The van der Waals surface area contributed by atoms with Crippen LogP contribution in [0.2, 0.25) is 0 Å². The summed E-state index contributed by atoms with van der Waals surface area (Å²) in [5.41, 5.74) is 3.58. The summed E-state index contributed by atoms with van der Waals surface area (Å²) in [4.78, 5) is 26.6. The summed E-state index contributed by atoms with van der Waals surface area (Å²) in [5.74, 6) is 0.341. The van der Waals surface area contributed by atoms with Gasteiger partial charge in [-0.25, -0.2) is 9.59 Å². The van der Waals surface area contributed by atoms with E-state index >= 15 is 0 Å². The fourth-order valence-corrected chi connectivity index (χ4v) is 3.94. The Labute approximate surface area is 165 Å². The molecular formula is C22H28N2O4. The molecule has 0 N–H and O–H groups in total. The van der Waals surface area contributed by atoms with Crippen LogP contribution in [0.1, 0.15) is 55.2 Å². The Morgan fingerprint density at radius 2 is 1.96 bits per heavy atom. The average Bonchev–Trinajstić information content (AvgIpc) is 3.38. The predicted octanol–water partition coefficient (Wildman–Crippen LogP) is 4.13. The molecule has 1 aliphatic carbocycles. The van der Waals surface area contributed by atoms with Gasteiger partial charge in [-0.2, -0.15) is 0 Å². The summed E-state index contributed by atoms with van der Waals surface area (Å²) >= 11 is 0. The maximum absolute atomic E-state index is 12.5. The molecule has 6 nitrogen and oxygen atoms in total. The lowest BCUT2D eigenvalue weighted by Crippen LogP contribution is -2.40. The predicted molar refractivity (Wildman–Crippen MR) is 106 cm³/mol. The molecule has 1 saturated carbocycles. The number of esters is 1. The molecule has 0 saturated heterocycles. The van der Waals surface area contributed by atoms with Crippen molar-refractivity contribution in [2.75, 3.05) is 13.7 Å². The molecule has 150 valence electrons. The Morgan fingerprint density at radius 3 is 2.61 bits per heavy atom. The van der Waals surface area contributed by atoms with E-state index in [-0.39, 0.29) is 12.1 Å². The lowest BCUT2D eigenvalue weighted by molar-refractivity contribution is 0.0224. The Kier molecular flexibility index (Phi) is 4.60. The van der Waals surface area contributed by atoms with Crippen molar-refractivity contribution in [2.45, 2.75) is 58.7 Å². The van der Waals surface area contributed by atoms with E-state index in [1.54, 1.807) is 4.90 Å². The molecule has 1 aromatic heterocycles. The summed E-state index contributed by atoms with van der Waals surface area (Å²) in [6.07, 6.45) is 2.90. The molecule has 2 aliphatic rings. The van der Waals surface area contributed by atoms with Gasteiger partial charge in [0.2, 0.25) is 0 Å². The van der Waals surface area contributed by atoms with E-state index in [1.807, 2.05) is 32.9 Å². The molecule has 1 aromatic carbocycles. The zero-order chi connectivity index (χ0) is 20.1. The van der Waals surface area contributed by atoms with Crippen LogP contribution in [0, 0.1) is 5.92 Å². The summed E-state index contributed by atoms with van der Waals surface area (Å²) < 4.78 is 12.7. The van der Waals surface area contributed by atoms with Crippen LogP contribution in [0.5, 0.6) is 0 Å². The van der Waals surface area contributed by atoms with E-state index in [1.165, 1.54) is 25.5 Å². The molecule has 2 aromatic rings. The second kappa shape index (κ2) is 6.83. The third-order valence-electron chi connectivity index (χ3n) is 5.44. The monoisotopic (exact) mass is 384 g/mol. The highest BCUT2D eigenvalue weighted by Crippen LogP contribution is 2.36. The molecule has 0 atom stereocenters. The fourth-order valence-electron chi connectivity index (χ4n) is 3.94. The number of hydrogen-bond donors (Lipinski definition) is 0. The number of fused-ring (bicyclic) bond motifs is 3. The molecule has 1 aliphatic heterocycles. The average molecular weight is 384 g/mol. The number of hydrogen-bond acceptors (Lipinski definition) is 4. The van der Waals surface area contributed by atoms with Gasteiger partial charge in [-0.3, -0.25) is 0 Å². The Morgan fingerprint density at radius 1 is 1.21 bits per heavy atom. The Balaban J connectivity index is 1.71. The molecule has 0 spiro atoms. The van der Waals surface area contributed by atoms with Gasteiger partial charge < -0.3 is 18.9 Å². The molecule has 2 heterocycles. The molecular weight excluding hydrogens is 356 g/mol. The van der Waals surface area contributed by atoms with E-state index in [9.17, 15) is 9.59 Å². The lowest BCUT2D eigenvalue weighted by Gasteiger charge is -2.31. The molecule has 0 radical (unpaired) electrons. The summed E-state index contributed by atoms with van der Waals surface area (Å²) in [6, 6.07) is 6.05. The van der Waals surface area contributed by atoms with Crippen molar-refractivity contribution in [1.82, 2.24) is 9.47 Å². The van der Waals surface area contributed by atoms with Gasteiger partial charge in [0.05, 0.1) is 12.6 Å². The van der Waals surface area contributed by atoms with E-state index in [0.29, 0.717) is 24.7 Å². The first-order valence-electron chi connectivity index (χ1n) is 9.97. The first kappa shape index (κ1) is 18.8. The first-order valence-corrected chi connectivity index (χ1v) is 9.97. The van der Waals surface area contributed by atoms with Gasteiger partial charge in [-0.05, 0) is 63.1 Å². The largest absolute Gasteiger partial charge is 0.464 e. The van der Waals surface area contributed by atoms with Gasteiger partial charge in [0, 0.05) is 25.0 Å². The highest BCUT2D eigenvalue weighted by Gasteiger charge is 2.30. The molecule has 28 heavy (non-hydrogen) atoms. The van der Waals surface area contributed by atoms with Gasteiger partial charge in [0.15, 0.2) is 0 Å². The third-order valence-corrected chi connectivity index (χ3v) is 5.44. The number of methoxy groups -OCH3 is 1. The van der Waals surface area contributed by atoms with Crippen LogP contribution in [0.3, 0.4) is 0 Å². The van der Waals surface area contributed by atoms with Crippen LogP contribution in [0.15, 0.2) is 18.2 Å². The van der Waals surface area contributed by atoms with Crippen molar-refractivity contribution in [3.05, 3.63) is 35.0 Å². The topological polar surface area (TPSA) is 60.8 Å². The number of carbonyl (C=O) groups is 2. The van der Waals surface area contributed by atoms with E-state index in [0.717, 1.165) is 29.4 Å². The van der Waals surface area contributed by atoms with E-state index < -0.39 is 5.60 Å². The van der Waals surface area contributed by atoms with Crippen LogP contribution >= 0.6 is 0 Å². The smallest absolute Gasteiger partial charge is 0.410 e. The van der Waals surface area contributed by atoms with Gasteiger partial charge in [-0.15, -0.1) is 0 Å². The number of rotatable bonds is 3. The SMILES string of the molecule is COC(=O)c1cc2ccc3c(c2n1CC1CC1)CCN(C(=O)OC(C)(C)C)C3. The Bertz CT molecular complexity index is 934. The number of carbonyl (C=O) groups excluding carboxylic acids is 2. The second-order valence-electron chi connectivity index (χ2n) is 8.87. The van der Waals surface area contributed by atoms with Crippen molar-refractivity contribution < 1.29 is 19.1 Å². The molecule has 6 heteroatoms. The molecule has 0 bridgehead atoms. The van der Waals surface area contributed by atoms with Crippen LogP contribution in [0.25, 0.3) is 10.9 Å². The zero-order valence-corrected chi connectivity index (χ0v) is 17.1. The van der Waals surface area contributed by atoms with Crippen molar-refractivity contribution in [2.24, 2.45) is 5.92 Å². The number of nitrogens with zero attached hydrogens (tertiary/aromatic N) is 2. The third kappa shape index (κ3) is 3.60. The molecule has 0 unspecified atom stereocenters. The zero-order valence-electron chi connectivity index (χ0n) is 17.1. The minimum absolute atomic E-state index is 0.276. The summed E-state index contributed by atoms with van der Waals surface area (Å²) in [7, 11) is 1.43. The lowest BCUT2D eigenvalue weighted by atomic mass is 9.97. The number of amides is 1. The normalized spacial score (nSPS) is 16.8. The summed E-state index contributed by atoms with van der Waals surface area (Å²) in [6.45, 7) is 7.63. The maximum atomic E-state index is 12.5. The van der Waals surface area contributed by atoms with Crippen LogP contribution in [-0.2, 0) is 29.0 Å². The molecule has 4 rings (SSSR count). The maximum Gasteiger partial charge on any atom is 0.410 e. The van der Waals surface area contributed by atoms with Crippen molar-refractivity contribution in [3.63, 3.8) is 0 Å². The van der Waals surface area contributed by atoms with Crippen LogP contribution in [0.4, 0.5) is 4.79 Å². The van der Waals surface area contributed by atoms with Crippen molar-refractivity contribution >= 4 is 23.0 Å². The minimum atomic E-state index is -0.504. The van der Waals surface area contributed by atoms with Crippen LogP contribution < -0.4 is 0 Å². The second-order valence-corrected chi connectivity index (χ2v) is 8.87. The van der Waals surface area contributed by atoms with Gasteiger partial charge in [0.25, 0.3) is 0 Å².